The minimum atomic E-state index is -0.563. The van der Waals surface area contributed by atoms with Gasteiger partial charge in [0.05, 0.1) is 0 Å². The molecule has 1 unspecified atom stereocenters. The molecular formula is C13H18F2N2. The monoisotopic (exact) mass is 240 g/mol. The Bertz CT molecular complexity index is 395. The predicted molar refractivity (Wildman–Crippen MR) is 65.9 cm³/mol. The molecule has 1 aliphatic heterocycles. The molecule has 0 amide bonds. The van der Waals surface area contributed by atoms with Crippen molar-refractivity contribution in [2.24, 2.45) is 11.8 Å². The fraction of sp³-hybridized carbons (Fsp3) is 0.538. The zero-order valence-corrected chi connectivity index (χ0v) is 10.2. The summed E-state index contributed by atoms with van der Waals surface area (Å²) in [6, 6.07) is 2.36. The number of hydrogen-bond acceptors (Lipinski definition) is 2. The van der Waals surface area contributed by atoms with Crippen LogP contribution >= 0.6 is 0 Å². The van der Waals surface area contributed by atoms with Gasteiger partial charge in [-0.25, -0.2) is 8.78 Å². The third-order valence-corrected chi connectivity index (χ3v) is 3.52. The van der Waals surface area contributed by atoms with Crippen LogP contribution in [0, 0.1) is 23.5 Å². The van der Waals surface area contributed by atoms with Crippen molar-refractivity contribution < 1.29 is 8.78 Å². The van der Waals surface area contributed by atoms with Gasteiger partial charge in [-0.1, -0.05) is 13.8 Å². The Labute approximate surface area is 100 Å². The van der Waals surface area contributed by atoms with E-state index in [-0.39, 0.29) is 11.4 Å². The summed E-state index contributed by atoms with van der Waals surface area (Å²) in [5, 5.41) is 0. The Morgan fingerprint density at radius 1 is 1.29 bits per heavy atom. The first kappa shape index (κ1) is 12.1. The standard InChI is InChI=1S/C13H18F2N2/c1-8(2)9-3-4-17(7-9)13-11(14)5-10(16)6-12(13)15/h5-6,8-9H,3-4,7,16H2,1-2H3. The van der Waals surface area contributed by atoms with Crippen molar-refractivity contribution >= 4 is 11.4 Å². The molecule has 1 aromatic carbocycles. The van der Waals surface area contributed by atoms with Crippen molar-refractivity contribution in [3.63, 3.8) is 0 Å². The molecule has 0 saturated carbocycles. The van der Waals surface area contributed by atoms with E-state index >= 15 is 0 Å². The molecule has 1 aromatic rings. The van der Waals surface area contributed by atoms with Crippen LogP contribution < -0.4 is 10.6 Å². The zero-order chi connectivity index (χ0) is 12.6. The van der Waals surface area contributed by atoms with Crippen LogP contribution in [0.2, 0.25) is 0 Å². The van der Waals surface area contributed by atoms with Crippen LogP contribution in [0.25, 0.3) is 0 Å². The SMILES string of the molecule is CC(C)C1CCN(c2c(F)cc(N)cc2F)C1. The number of nitrogens with two attached hydrogens (primary N) is 1. The molecule has 0 radical (unpaired) electrons. The van der Waals surface area contributed by atoms with E-state index in [1.54, 1.807) is 4.90 Å². The normalized spacial score (nSPS) is 20.3. The van der Waals surface area contributed by atoms with Crippen molar-refractivity contribution in [2.45, 2.75) is 20.3 Å². The van der Waals surface area contributed by atoms with Gasteiger partial charge in [0, 0.05) is 18.8 Å². The fourth-order valence-electron chi connectivity index (χ4n) is 2.42. The summed E-state index contributed by atoms with van der Waals surface area (Å²) in [7, 11) is 0. The van der Waals surface area contributed by atoms with Gasteiger partial charge >= 0.3 is 0 Å². The summed E-state index contributed by atoms with van der Waals surface area (Å²) in [4.78, 5) is 1.79. The smallest absolute Gasteiger partial charge is 0.151 e. The third kappa shape index (κ3) is 2.35. The number of anilines is 2. The number of nitrogens with zero attached hydrogens (tertiary/aromatic N) is 1. The minimum Gasteiger partial charge on any atom is -0.399 e. The van der Waals surface area contributed by atoms with Gasteiger partial charge in [-0.15, -0.1) is 0 Å². The first-order chi connectivity index (χ1) is 7.99. The maximum atomic E-state index is 13.7. The van der Waals surface area contributed by atoms with Crippen molar-refractivity contribution in [3.05, 3.63) is 23.8 Å². The van der Waals surface area contributed by atoms with E-state index in [9.17, 15) is 8.78 Å². The van der Waals surface area contributed by atoms with Crippen LogP contribution in [-0.4, -0.2) is 13.1 Å². The molecule has 2 nitrogen and oxygen atoms in total. The van der Waals surface area contributed by atoms with E-state index in [2.05, 4.69) is 13.8 Å². The minimum absolute atomic E-state index is 0.0716. The lowest BCUT2D eigenvalue weighted by Gasteiger charge is -2.21. The Morgan fingerprint density at radius 2 is 1.88 bits per heavy atom. The second-order valence-corrected chi connectivity index (χ2v) is 5.07. The molecule has 1 saturated heterocycles. The van der Waals surface area contributed by atoms with Crippen molar-refractivity contribution in [2.75, 3.05) is 23.7 Å². The molecule has 2 rings (SSSR count). The lowest BCUT2D eigenvalue weighted by Crippen LogP contribution is -2.23. The number of hydrogen-bond donors (Lipinski definition) is 1. The topological polar surface area (TPSA) is 29.3 Å². The third-order valence-electron chi connectivity index (χ3n) is 3.52. The number of nitrogen functional groups attached to an aromatic ring is 1. The van der Waals surface area contributed by atoms with Crippen molar-refractivity contribution in [3.8, 4) is 0 Å². The summed E-state index contributed by atoms with van der Waals surface area (Å²) in [6.45, 7) is 5.71. The van der Waals surface area contributed by atoms with Gasteiger partial charge in [0.25, 0.3) is 0 Å². The molecular weight excluding hydrogens is 222 g/mol. The highest BCUT2D eigenvalue weighted by atomic mass is 19.1. The summed E-state index contributed by atoms with van der Waals surface area (Å²) in [5.74, 6) is -0.0786. The van der Waals surface area contributed by atoms with Crippen LogP contribution in [0.4, 0.5) is 20.2 Å². The van der Waals surface area contributed by atoms with Crippen LogP contribution in [0.5, 0.6) is 0 Å². The van der Waals surface area contributed by atoms with E-state index in [0.717, 1.165) is 13.0 Å². The van der Waals surface area contributed by atoms with E-state index in [4.69, 9.17) is 5.73 Å². The van der Waals surface area contributed by atoms with Gasteiger partial charge in [0.15, 0.2) is 11.6 Å². The van der Waals surface area contributed by atoms with Crippen LogP contribution in [-0.2, 0) is 0 Å². The highest BCUT2D eigenvalue weighted by Gasteiger charge is 2.28. The summed E-state index contributed by atoms with van der Waals surface area (Å²) < 4.78 is 27.5. The molecule has 0 bridgehead atoms. The molecule has 4 heteroatoms. The number of benzene rings is 1. The van der Waals surface area contributed by atoms with Gasteiger partial charge in [-0.05, 0) is 30.4 Å². The van der Waals surface area contributed by atoms with E-state index < -0.39 is 11.6 Å². The Morgan fingerprint density at radius 3 is 2.35 bits per heavy atom. The molecule has 2 N–H and O–H groups in total. The fourth-order valence-corrected chi connectivity index (χ4v) is 2.42. The maximum Gasteiger partial charge on any atom is 0.151 e. The molecule has 0 aliphatic carbocycles. The molecule has 94 valence electrons. The van der Waals surface area contributed by atoms with Gasteiger partial charge in [-0.2, -0.15) is 0 Å². The molecule has 1 fully saturated rings. The van der Waals surface area contributed by atoms with Crippen molar-refractivity contribution in [1.29, 1.82) is 0 Å². The van der Waals surface area contributed by atoms with E-state index in [1.165, 1.54) is 12.1 Å². The second-order valence-electron chi connectivity index (χ2n) is 5.07. The van der Waals surface area contributed by atoms with Crippen LogP contribution in [0.1, 0.15) is 20.3 Å². The first-order valence-electron chi connectivity index (χ1n) is 5.98. The highest BCUT2D eigenvalue weighted by molar-refractivity contribution is 5.56. The quantitative estimate of drug-likeness (QED) is 0.805. The molecule has 17 heavy (non-hydrogen) atoms. The molecule has 0 aromatic heterocycles. The molecule has 0 spiro atoms. The van der Waals surface area contributed by atoms with Crippen molar-refractivity contribution in [1.82, 2.24) is 0 Å². The Balaban J connectivity index is 2.25. The average Bonchev–Trinajstić information content (AvgIpc) is 2.65. The summed E-state index contributed by atoms with van der Waals surface area (Å²) in [6.07, 6.45) is 0.987. The molecule has 1 atom stereocenters. The summed E-state index contributed by atoms with van der Waals surface area (Å²) >= 11 is 0. The van der Waals surface area contributed by atoms with Gasteiger partial charge in [-0.3, -0.25) is 0 Å². The van der Waals surface area contributed by atoms with E-state index in [0.29, 0.717) is 18.4 Å². The van der Waals surface area contributed by atoms with Gasteiger partial charge in [0.2, 0.25) is 0 Å². The maximum absolute atomic E-state index is 13.7. The van der Waals surface area contributed by atoms with Gasteiger partial charge in [0.1, 0.15) is 5.69 Å². The summed E-state index contributed by atoms with van der Waals surface area (Å²) in [5.41, 5.74) is 5.60. The zero-order valence-electron chi connectivity index (χ0n) is 10.2. The van der Waals surface area contributed by atoms with E-state index in [1.807, 2.05) is 0 Å². The lowest BCUT2D eigenvalue weighted by molar-refractivity contribution is 0.422. The molecule has 1 aliphatic rings. The van der Waals surface area contributed by atoms with Gasteiger partial charge < -0.3 is 10.6 Å². The second kappa shape index (κ2) is 4.51. The van der Waals surface area contributed by atoms with Crippen LogP contribution in [0.3, 0.4) is 0 Å². The lowest BCUT2D eigenvalue weighted by atomic mass is 9.95. The first-order valence-corrected chi connectivity index (χ1v) is 5.98. The molecule has 1 heterocycles. The number of rotatable bonds is 2. The number of halogens is 2. The Hall–Kier alpha value is -1.32. The predicted octanol–water partition coefficient (Wildman–Crippen LogP) is 3.03. The largest absolute Gasteiger partial charge is 0.399 e. The Kier molecular flexibility index (Phi) is 3.22. The van der Waals surface area contributed by atoms with Crippen LogP contribution in [0.15, 0.2) is 12.1 Å². The highest BCUT2D eigenvalue weighted by Crippen LogP contribution is 2.32. The average molecular weight is 240 g/mol.